The van der Waals surface area contributed by atoms with Crippen LogP contribution >= 0.6 is 0 Å². The van der Waals surface area contributed by atoms with E-state index < -0.39 is 0 Å². The Labute approximate surface area is 127 Å². The summed E-state index contributed by atoms with van der Waals surface area (Å²) < 4.78 is 6.11. The lowest BCUT2D eigenvalue weighted by molar-refractivity contribution is 0.0166. The summed E-state index contributed by atoms with van der Waals surface area (Å²) in [7, 11) is 2.01. The van der Waals surface area contributed by atoms with Crippen LogP contribution in [-0.2, 0) is 17.6 Å². The monoisotopic (exact) mass is 281 g/mol. The maximum Gasteiger partial charge on any atom is 0.102 e. The third-order valence-corrected chi connectivity index (χ3v) is 4.39. The summed E-state index contributed by atoms with van der Waals surface area (Å²) in [5.41, 5.74) is 5.40. The van der Waals surface area contributed by atoms with Crippen LogP contribution in [0.4, 0.5) is 0 Å². The van der Waals surface area contributed by atoms with Crippen LogP contribution in [0, 0.1) is 0 Å². The molecular formula is C19H23NO. The molecule has 2 aromatic rings. The summed E-state index contributed by atoms with van der Waals surface area (Å²) in [6, 6.07) is 17.7. The second kappa shape index (κ2) is 6.42. The minimum Gasteiger partial charge on any atom is -0.371 e. The Morgan fingerprint density at radius 3 is 2.62 bits per heavy atom. The Bertz CT molecular complexity index is 591. The summed E-state index contributed by atoms with van der Waals surface area (Å²) in [5, 5.41) is 3.44. The third kappa shape index (κ3) is 2.87. The molecule has 0 saturated carbocycles. The predicted octanol–water partition coefficient (Wildman–Crippen LogP) is 3.82. The van der Waals surface area contributed by atoms with Crippen molar-refractivity contribution in [2.75, 3.05) is 13.7 Å². The molecule has 0 radical (unpaired) electrons. The van der Waals surface area contributed by atoms with E-state index in [0.717, 1.165) is 19.4 Å². The zero-order chi connectivity index (χ0) is 14.7. The van der Waals surface area contributed by atoms with Crippen LogP contribution < -0.4 is 5.32 Å². The first kappa shape index (κ1) is 14.3. The van der Waals surface area contributed by atoms with Gasteiger partial charge in [0.1, 0.15) is 6.10 Å². The highest BCUT2D eigenvalue weighted by Crippen LogP contribution is 2.36. The van der Waals surface area contributed by atoms with Gasteiger partial charge in [-0.1, -0.05) is 55.5 Å². The molecule has 0 aliphatic carbocycles. The molecule has 2 aromatic carbocycles. The van der Waals surface area contributed by atoms with E-state index in [0.29, 0.717) is 0 Å². The molecule has 0 bridgehead atoms. The van der Waals surface area contributed by atoms with E-state index in [-0.39, 0.29) is 12.1 Å². The number of benzene rings is 2. The Morgan fingerprint density at radius 2 is 1.90 bits per heavy atom. The van der Waals surface area contributed by atoms with Crippen molar-refractivity contribution in [3.63, 3.8) is 0 Å². The van der Waals surface area contributed by atoms with Gasteiger partial charge in [-0.3, -0.25) is 0 Å². The van der Waals surface area contributed by atoms with Crippen molar-refractivity contribution >= 4 is 0 Å². The van der Waals surface area contributed by atoms with Gasteiger partial charge in [0.2, 0.25) is 0 Å². The van der Waals surface area contributed by atoms with Crippen LogP contribution in [0.1, 0.15) is 41.3 Å². The Hall–Kier alpha value is -1.64. The number of ether oxygens (including phenoxy) is 1. The van der Waals surface area contributed by atoms with Crippen molar-refractivity contribution in [3.8, 4) is 0 Å². The first-order valence-electron chi connectivity index (χ1n) is 7.79. The molecule has 0 fully saturated rings. The van der Waals surface area contributed by atoms with Crippen molar-refractivity contribution in [3.05, 3.63) is 70.8 Å². The van der Waals surface area contributed by atoms with Gasteiger partial charge in [-0.05, 0) is 42.1 Å². The van der Waals surface area contributed by atoms with E-state index in [4.69, 9.17) is 4.74 Å². The number of hydrogen-bond acceptors (Lipinski definition) is 2. The second-order valence-corrected chi connectivity index (χ2v) is 5.60. The van der Waals surface area contributed by atoms with Crippen LogP contribution in [0.5, 0.6) is 0 Å². The third-order valence-electron chi connectivity index (χ3n) is 4.39. The molecule has 2 nitrogen and oxygen atoms in total. The minimum atomic E-state index is 0.0902. The fourth-order valence-corrected chi connectivity index (χ4v) is 3.15. The highest BCUT2D eigenvalue weighted by molar-refractivity contribution is 5.35. The first-order valence-corrected chi connectivity index (χ1v) is 7.79. The summed E-state index contributed by atoms with van der Waals surface area (Å²) >= 11 is 0. The topological polar surface area (TPSA) is 21.3 Å². The Kier molecular flexibility index (Phi) is 4.37. The quantitative estimate of drug-likeness (QED) is 0.920. The standard InChI is InChI=1S/C19H23NO/c1-3-14-8-10-16(11-9-14)18(20-2)19-17-7-5-4-6-15(17)12-13-21-19/h4-11,18-20H,3,12-13H2,1-2H3. The van der Waals surface area contributed by atoms with Gasteiger partial charge in [-0.15, -0.1) is 0 Å². The van der Waals surface area contributed by atoms with Crippen molar-refractivity contribution in [2.24, 2.45) is 0 Å². The summed E-state index contributed by atoms with van der Waals surface area (Å²) in [4.78, 5) is 0. The van der Waals surface area contributed by atoms with E-state index in [2.05, 4.69) is 60.8 Å². The second-order valence-electron chi connectivity index (χ2n) is 5.60. The molecule has 2 unspecified atom stereocenters. The number of rotatable bonds is 4. The van der Waals surface area contributed by atoms with E-state index in [9.17, 15) is 0 Å². The van der Waals surface area contributed by atoms with Gasteiger partial charge in [0.25, 0.3) is 0 Å². The normalized spacial score (nSPS) is 19.0. The lowest BCUT2D eigenvalue weighted by Gasteiger charge is -2.32. The van der Waals surface area contributed by atoms with Gasteiger partial charge in [-0.25, -0.2) is 0 Å². The Balaban J connectivity index is 1.93. The molecule has 1 heterocycles. The van der Waals surface area contributed by atoms with Gasteiger partial charge in [0, 0.05) is 0 Å². The zero-order valence-corrected chi connectivity index (χ0v) is 12.8. The molecule has 3 rings (SSSR count). The molecule has 0 saturated heterocycles. The molecule has 1 N–H and O–H groups in total. The van der Waals surface area contributed by atoms with Gasteiger partial charge < -0.3 is 10.1 Å². The lowest BCUT2D eigenvalue weighted by atomic mass is 9.89. The lowest BCUT2D eigenvalue weighted by Crippen LogP contribution is -2.29. The van der Waals surface area contributed by atoms with Gasteiger partial charge in [0.15, 0.2) is 0 Å². The van der Waals surface area contributed by atoms with E-state index in [1.807, 2.05) is 7.05 Å². The largest absolute Gasteiger partial charge is 0.371 e. The summed E-state index contributed by atoms with van der Waals surface area (Å²) in [6.45, 7) is 2.98. The van der Waals surface area contributed by atoms with Crippen LogP contribution in [0.2, 0.25) is 0 Å². The predicted molar refractivity (Wildman–Crippen MR) is 86.5 cm³/mol. The van der Waals surface area contributed by atoms with Crippen LogP contribution in [0.3, 0.4) is 0 Å². The van der Waals surface area contributed by atoms with E-state index >= 15 is 0 Å². The van der Waals surface area contributed by atoms with Crippen LogP contribution in [0.15, 0.2) is 48.5 Å². The number of aryl methyl sites for hydroxylation is 1. The number of hydrogen-bond donors (Lipinski definition) is 1. The average molecular weight is 281 g/mol. The van der Waals surface area contributed by atoms with Crippen molar-refractivity contribution in [1.29, 1.82) is 0 Å². The SMILES string of the molecule is CCc1ccc(C(NC)C2OCCc3ccccc32)cc1. The Morgan fingerprint density at radius 1 is 1.14 bits per heavy atom. The van der Waals surface area contributed by atoms with Crippen molar-refractivity contribution in [1.82, 2.24) is 5.32 Å². The van der Waals surface area contributed by atoms with Gasteiger partial charge in [0.05, 0.1) is 12.6 Å². The fraction of sp³-hybridized carbons (Fsp3) is 0.368. The maximum absolute atomic E-state index is 6.11. The number of fused-ring (bicyclic) bond motifs is 1. The average Bonchev–Trinajstić information content (AvgIpc) is 2.56. The van der Waals surface area contributed by atoms with E-state index in [1.165, 1.54) is 22.3 Å². The molecule has 2 atom stereocenters. The van der Waals surface area contributed by atoms with Crippen molar-refractivity contribution in [2.45, 2.75) is 31.9 Å². The highest BCUT2D eigenvalue weighted by Gasteiger charge is 2.28. The molecule has 0 spiro atoms. The molecule has 0 aromatic heterocycles. The molecule has 2 heteroatoms. The molecule has 1 aliphatic rings. The molecular weight excluding hydrogens is 258 g/mol. The van der Waals surface area contributed by atoms with Crippen LogP contribution in [0.25, 0.3) is 0 Å². The molecule has 21 heavy (non-hydrogen) atoms. The smallest absolute Gasteiger partial charge is 0.102 e. The summed E-state index contributed by atoms with van der Waals surface area (Å²) in [5.74, 6) is 0. The minimum absolute atomic E-state index is 0.0902. The maximum atomic E-state index is 6.11. The van der Waals surface area contributed by atoms with E-state index in [1.54, 1.807) is 0 Å². The van der Waals surface area contributed by atoms with Crippen LogP contribution in [-0.4, -0.2) is 13.7 Å². The number of likely N-dealkylation sites (N-methyl/N-ethyl adjacent to an activating group) is 1. The summed E-state index contributed by atoms with van der Waals surface area (Å²) in [6.07, 6.45) is 2.18. The van der Waals surface area contributed by atoms with Gasteiger partial charge in [-0.2, -0.15) is 0 Å². The zero-order valence-electron chi connectivity index (χ0n) is 12.8. The molecule has 1 aliphatic heterocycles. The molecule has 110 valence electrons. The first-order chi connectivity index (χ1) is 10.3. The fourth-order valence-electron chi connectivity index (χ4n) is 3.15. The van der Waals surface area contributed by atoms with Crippen molar-refractivity contribution < 1.29 is 4.74 Å². The highest BCUT2D eigenvalue weighted by atomic mass is 16.5. The number of nitrogens with one attached hydrogen (secondary N) is 1. The molecule has 0 amide bonds. The van der Waals surface area contributed by atoms with Gasteiger partial charge >= 0.3 is 0 Å².